The second-order valence-corrected chi connectivity index (χ2v) is 8.09. The second kappa shape index (κ2) is 11.1. The number of amides is 1. The van der Waals surface area contributed by atoms with Crippen LogP contribution >= 0.6 is 12.2 Å². The van der Waals surface area contributed by atoms with E-state index in [0.717, 1.165) is 12.0 Å². The van der Waals surface area contributed by atoms with Crippen molar-refractivity contribution in [3.8, 4) is 0 Å². The number of hydrogen-bond donors (Lipinski definition) is 2. The zero-order valence-corrected chi connectivity index (χ0v) is 20.1. The van der Waals surface area contributed by atoms with Gasteiger partial charge >= 0.3 is 5.97 Å². The number of methoxy groups -OCH3 is 1. The molecular weight excluding hydrogens is 438 g/mol. The minimum absolute atomic E-state index is 0.153. The van der Waals surface area contributed by atoms with E-state index in [1.165, 1.54) is 5.56 Å². The maximum absolute atomic E-state index is 12.9. The van der Waals surface area contributed by atoms with Crippen molar-refractivity contribution in [2.75, 3.05) is 32.7 Å². The SMILES string of the molecule is CCc1ccc(C(=O)Nc2cccc(C3NC(=S)N(C)C(C)=C3C(=O)OCCOC)c2)cc1. The molecule has 0 saturated heterocycles. The summed E-state index contributed by atoms with van der Waals surface area (Å²) < 4.78 is 10.4. The molecule has 1 unspecified atom stereocenters. The van der Waals surface area contributed by atoms with Crippen molar-refractivity contribution in [1.82, 2.24) is 10.2 Å². The first kappa shape index (κ1) is 24.4. The molecule has 0 fully saturated rings. The van der Waals surface area contributed by atoms with Gasteiger partial charge in [-0.25, -0.2) is 4.79 Å². The number of benzene rings is 2. The van der Waals surface area contributed by atoms with Crippen LogP contribution in [0.1, 0.15) is 41.4 Å². The number of anilines is 1. The number of ether oxygens (including phenoxy) is 2. The number of allylic oxidation sites excluding steroid dienone is 1. The van der Waals surface area contributed by atoms with Gasteiger partial charge in [0.25, 0.3) is 5.91 Å². The van der Waals surface area contributed by atoms with E-state index in [-0.39, 0.29) is 12.5 Å². The first-order valence-electron chi connectivity index (χ1n) is 10.8. The third-order valence-corrected chi connectivity index (χ3v) is 5.99. The summed E-state index contributed by atoms with van der Waals surface area (Å²) >= 11 is 5.45. The number of nitrogens with zero attached hydrogens (tertiary/aromatic N) is 1. The molecule has 1 amide bonds. The number of aryl methyl sites for hydroxylation is 1. The highest BCUT2D eigenvalue weighted by atomic mass is 32.1. The van der Waals surface area contributed by atoms with Crippen LogP contribution in [0.15, 0.2) is 59.8 Å². The highest BCUT2D eigenvalue weighted by Gasteiger charge is 2.33. The zero-order valence-electron chi connectivity index (χ0n) is 19.3. The lowest BCUT2D eigenvalue weighted by Crippen LogP contribution is -2.46. The first-order valence-corrected chi connectivity index (χ1v) is 11.2. The van der Waals surface area contributed by atoms with Crippen molar-refractivity contribution < 1.29 is 19.1 Å². The quantitative estimate of drug-likeness (QED) is 0.347. The van der Waals surface area contributed by atoms with Crippen LogP contribution in [0.25, 0.3) is 0 Å². The predicted molar refractivity (Wildman–Crippen MR) is 132 cm³/mol. The third-order valence-electron chi connectivity index (χ3n) is 5.60. The standard InChI is InChI=1S/C25H29N3O4S/c1-5-17-9-11-18(12-10-17)23(29)26-20-8-6-7-19(15-20)22-21(24(30)32-14-13-31-4)16(2)28(3)25(33)27-22/h6-12,15,22H,5,13-14H2,1-4H3,(H,26,29)(H,27,33). The number of carbonyl (C=O) groups excluding carboxylic acids is 2. The summed E-state index contributed by atoms with van der Waals surface area (Å²) in [6.07, 6.45) is 0.915. The Morgan fingerprint density at radius 2 is 1.88 bits per heavy atom. The Balaban J connectivity index is 1.86. The van der Waals surface area contributed by atoms with Crippen LogP contribution < -0.4 is 10.6 Å². The number of hydrogen-bond acceptors (Lipinski definition) is 5. The molecule has 7 nitrogen and oxygen atoms in total. The lowest BCUT2D eigenvalue weighted by Gasteiger charge is -2.35. The van der Waals surface area contributed by atoms with E-state index in [1.54, 1.807) is 19.1 Å². The van der Waals surface area contributed by atoms with Gasteiger partial charge in [-0.3, -0.25) is 4.79 Å². The summed E-state index contributed by atoms with van der Waals surface area (Å²) in [6, 6.07) is 14.4. The fraction of sp³-hybridized carbons (Fsp3) is 0.320. The predicted octanol–water partition coefficient (Wildman–Crippen LogP) is 3.83. The van der Waals surface area contributed by atoms with Crippen molar-refractivity contribution in [1.29, 1.82) is 0 Å². The van der Waals surface area contributed by atoms with Gasteiger partial charge in [0.05, 0.1) is 18.2 Å². The van der Waals surface area contributed by atoms with Crippen LogP contribution in [0.5, 0.6) is 0 Å². The Kier molecular flexibility index (Phi) is 8.19. The molecule has 1 aliphatic heterocycles. The molecule has 1 heterocycles. The van der Waals surface area contributed by atoms with Crippen molar-refractivity contribution in [3.63, 3.8) is 0 Å². The average molecular weight is 468 g/mol. The lowest BCUT2D eigenvalue weighted by molar-refractivity contribution is -0.140. The largest absolute Gasteiger partial charge is 0.460 e. The van der Waals surface area contributed by atoms with Crippen molar-refractivity contribution in [2.45, 2.75) is 26.3 Å². The summed E-state index contributed by atoms with van der Waals surface area (Å²) in [5.41, 5.74) is 4.31. The molecule has 2 aromatic carbocycles. The third kappa shape index (κ3) is 5.77. The molecule has 3 rings (SSSR count). The summed E-state index contributed by atoms with van der Waals surface area (Å²) in [6.45, 7) is 4.37. The van der Waals surface area contributed by atoms with Gasteiger partial charge < -0.3 is 25.0 Å². The highest BCUT2D eigenvalue weighted by molar-refractivity contribution is 7.80. The molecule has 8 heteroatoms. The zero-order chi connectivity index (χ0) is 24.0. The number of nitrogens with one attached hydrogen (secondary N) is 2. The van der Waals surface area contributed by atoms with E-state index < -0.39 is 12.0 Å². The molecule has 1 aliphatic rings. The fourth-order valence-electron chi connectivity index (χ4n) is 3.54. The molecule has 2 N–H and O–H groups in total. The van der Waals surface area contributed by atoms with Gasteiger partial charge in [0.1, 0.15) is 6.61 Å². The molecule has 0 saturated carbocycles. The molecule has 33 heavy (non-hydrogen) atoms. The smallest absolute Gasteiger partial charge is 0.338 e. The minimum Gasteiger partial charge on any atom is -0.460 e. The fourth-order valence-corrected chi connectivity index (χ4v) is 3.79. The van der Waals surface area contributed by atoms with Crippen molar-refractivity contribution in [3.05, 3.63) is 76.5 Å². The van der Waals surface area contributed by atoms with Gasteiger partial charge in [0.15, 0.2) is 5.11 Å². The van der Waals surface area contributed by atoms with Gasteiger partial charge in [-0.2, -0.15) is 0 Å². The Morgan fingerprint density at radius 1 is 1.15 bits per heavy atom. The lowest BCUT2D eigenvalue weighted by atomic mass is 9.94. The summed E-state index contributed by atoms with van der Waals surface area (Å²) in [5, 5.41) is 6.64. The van der Waals surface area contributed by atoms with E-state index in [2.05, 4.69) is 17.6 Å². The second-order valence-electron chi connectivity index (χ2n) is 7.70. The van der Waals surface area contributed by atoms with Gasteiger partial charge in [-0.05, 0) is 61.0 Å². The average Bonchev–Trinajstić information content (AvgIpc) is 2.82. The molecule has 0 radical (unpaired) electrons. The van der Waals surface area contributed by atoms with E-state index >= 15 is 0 Å². The molecule has 0 spiro atoms. The van der Waals surface area contributed by atoms with Crippen LogP contribution in [0.4, 0.5) is 5.69 Å². The van der Waals surface area contributed by atoms with E-state index in [4.69, 9.17) is 21.7 Å². The minimum atomic E-state index is -0.510. The Morgan fingerprint density at radius 3 is 2.55 bits per heavy atom. The molecule has 0 bridgehead atoms. The molecule has 0 aliphatic carbocycles. The number of esters is 1. The molecule has 0 aromatic heterocycles. The monoisotopic (exact) mass is 467 g/mol. The van der Waals surface area contributed by atoms with Crippen LogP contribution in [-0.4, -0.2) is 49.3 Å². The first-order chi connectivity index (χ1) is 15.8. The molecule has 174 valence electrons. The van der Waals surface area contributed by atoms with Crippen LogP contribution in [-0.2, 0) is 20.7 Å². The van der Waals surface area contributed by atoms with Crippen LogP contribution in [0.3, 0.4) is 0 Å². The Hall–Kier alpha value is -3.23. The Labute approximate surface area is 199 Å². The molecule has 1 atom stereocenters. The number of carbonyl (C=O) groups is 2. The maximum Gasteiger partial charge on any atom is 0.338 e. The number of rotatable bonds is 8. The molecule has 2 aromatic rings. The summed E-state index contributed by atoms with van der Waals surface area (Å²) in [5.74, 6) is -0.644. The molecular formula is C25H29N3O4S. The normalized spacial score (nSPS) is 15.8. The van der Waals surface area contributed by atoms with E-state index in [0.29, 0.717) is 34.2 Å². The van der Waals surface area contributed by atoms with Gasteiger partial charge in [0, 0.05) is 31.1 Å². The number of thiocarbonyl (C=S) groups is 1. The highest BCUT2D eigenvalue weighted by Crippen LogP contribution is 2.32. The van der Waals surface area contributed by atoms with E-state index in [1.807, 2.05) is 55.5 Å². The van der Waals surface area contributed by atoms with Crippen LogP contribution in [0.2, 0.25) is 0 Å². The van der Waals surface area contributed by atoms with Gasteiger partial charge in [-0.15, -0.1) is 0 Å². The Bertz CT molecular complexity index is 1070. The topological polar surface area (TPSA) is 79.9 Å². The van der Waals surface area contributed by atoms with E-state index in [9.17, 15) is 9.59 Å². The van der Waals surface area contributed by atoms with Crippen molar-refractivity contribution >= 4 is 34.9 Å². The van der Waals surface area contributed by atoms with Gasteiger partial charge in [-0.1, -0.05) is 31.2 Å². The summed E-state index contributed by atoms with van der Waals surface area (Å²) in [4.78, 5) is 27.4. The summed E-state index contributed by atoms with van der Waals surface area (Å²) in [7, 11) is 3.34. The maximum atomic E-state index is 12.9. The van der Waals surface area contributed by atoms with Crippen LogP contribution in [0, 0.1) is 0 Å². The van der Waals surface area contributed by atoms with Gasteiger partial charge in [0.2, 0.25) is 0 Å². The van der Waals surface area contributed by atoms with Crippen molar-refractivity contribution in [2.24, 2.45) is 0 Å².